The number of nitrogens with two attached hydrogens (primary N) is 1. The molecule has 1 aromatic carbocycles. The molecule has 110 valence electrons. The third kappa shape index (κ3) is 4.92. The van der Waals surface area contributed by atoms with E-state index in [0.717, 1.165) is 32.0 Å². The van der Waals surface area contributed by atoms with Crippen LogP contribution in [-0.2, 0) is 16.1 Å². The van der Waals surface area contributed by atoms with Gasteiger partial charge in [0.15, 0.2) is 0 Å². The fourth-order valence-corrected chi connectivity index (χ4v) is 2.73. The fraction of sp³-hybridized carbons (Fsp3) is 0.533. The van der Waals surface area contributed by atoms with Crippen LogP contribution < -0.4 is 11.4 Å². The molecular formula is C15H23N3O2. The van der Waals surface area contributed by atoms with Gasteiger partial charge < -0.3 is 9.74 Å². The summed E-state index contributed by atoms with van der Waals surface area (Å²) >= 11 is 0. The van der Waals surface area contributed by atoms with E-state index in [0.29, 0.717) is 6.42 Å². The lowest BCUT2D eigenvalue weighted by molar-refractivity contribution is -0.151. The van der Waals surface area contributed by atoms with Gasteiger partial charge in [0.05, 0.1) is 6.42 Å². The monoisotopic (exact) mass is 277 g/mol. The van der Waals surface area contributed by atoms with Gasteiger partial charge in [-0.05, 0) is 43.8 Å². The van der Waals surface area contributed by atoms with Gasteiger partial charge in [0.1, 0.15) is 0 Å². The Hall–Kier alpha value is -1.43. The van der Waals surface area contributed by atoms with E-state index >= 15 is 0 Å². The molecule has 0 radical (unpaired) electrons. The van der Waals surface area contributed by atoms with Gasteiger partial charge in [0, 0.05) is 6.54 Å². The van der Waals surface area contributed by atoms with Gasteiger partial charge in [-0.2, -0.15) is 0 Å². The number of hydrogen-bond donors (Lipinski definition) is 2. The number of benzene rings is 1. The molecule has 1 saturated heterocycles. The number of piperidine rings is 1. The zero-order valence-corrected chi connectivity index (χ0v) is 11.8. The van der Waals surface area contributed by atoms with Crippen LogP contribution in [-0.4, -0.2) is 30.5 Å². The molecular weight excluding hydrogens is 254 g/mol. The van der Waals surface area contributed by atoms with Crippen molar-refractivity contribution in [2.75, 3.05) is 19.6 Å². The number of nitrogens with zero attached hydrogens (tertiary/aromatic N) is 1. The third-order valence-corrected chi connectivity index (χ3v) is 3.88. The average Bonchev–Trinajstić information content (AvgIpc) is 2.48. The van der Waals surface area contributed by atoms with Crippen LogP contribution in [0.15, 0.2) is 30.3 Å². The first-order chi connectivity index (χ1) is 9.78. The van der Waals surface area contributed by atoms with Crippen molar-refractivity contribution in [3.05, 3.63) is 35.9 Å². The molecule has 20 heavy (non-hydrogen) atoms. The highest BCUT2D eigenvalue weighted by molar-refractivity contribution is 5.69. The summed E-state index contributed by atoms with van der Waals surface area (Å²) in [5.74, 6) is 5.37. The number of nitrogens with one attached hydrogen (secondary N) is 1. The van der Waals surface area contributed by atoms with Gasteiger partial charge in [0.2, 0.25) is 0 Å². The quantitative estimate of drug-likeness (QED) is 0.605. The summed E-state index contributed by atoms with van der Waals surface area (Å²) in [4.78, 5) is 18.0. The first-order valence-corrected chi connectivity index (χ1v) is 7.19. The number of hydrogen-bond acceptors (Lipinski definition) is 5. The number of carbonyl (C=O) groups is 1. The van der Waals surface area contributed by atoms with E-state index in [1.807, 2.05) is 5.59 Å². The Kier molecular flexibility index (Phi) is 5.98. The molecule has 0 aliphatic carbocycles. The minimum atomic E-state index is -0.307. The molecule has 0 bridgehead atoms. The molecule has 0 unspecified atom stereocenters. The topological polar surface area (TPSA) is 67.6 Å². The molecule has 1 aliphatic heterocycles. The van der Waals surface area contributed by atoms with Crippen molar-refractivity contribution in [2.24, 2.45) is 11.8 Å². The molecule has 0 atom stereocenters. The number of carbonyl (C=O) groups excluding carboxylic acids is 1. The van der Waals surface area contributed by atoms with E-state index in [4.69, 9.17) is 5.84 Å². The summed E-state index contributed by atoms with van der Waals surface area (Å²) in [7, 11) is 0. The van der Waals surface area contributed by atoms with Crippen molar-refractivity contribution in [1.82, 2.24) is 10.5 Å². The lowest BCUT2D eigenvalue weighted by atomic mass is 9.90. The highest BCUT2D eigenvalue weighted by Crippen LogP contribution is 2.21. The van der Waals surface area contributed by atoms with Gasteiger partial charge in [-0.15, -0.1) is 0 Å². The molecule has 1 fully saturated rings. The van der Waals surface area contributed by atoms with Gasteiger partial charge in [-0.3, -0.25) is 4.79 Å². The average molecular weight is 277 g/mol. The molecule has 0 spiro atoms. The van der Waals surface area contributed by atoms with Crippen LogP contribution in [0, 0.1) is 5.92 Å². The van der Waals surface area contributed by atoms with Crippen LogP contribution in [0.2, 0.25) is 0 Å². The summed E-state index contributed by atoms with van der Waals surface area (Å²) in [6.45, 7) is 2.86. The summed E-state index contributed by atoms with van der Waals surface area (Å²) in [6, 6.07) is 10.6. The molecule has 3 N–H and O–H groups in total. The normalized spacial score (nSPS) is 17.1. The SMILES string of the molecule is NNOC(=O)CCN1CCC(Cc2ccccc2)CC1. The van der Waals surface area contributed by atoms with E-state index in [1.165, 1.54) is 18.4 Å². The zero-order valence-electron chi connectivity index (χ0n) is 11.8. The van der Waals surface area contributed by atoms with Gasteiger partial charge in [0.25, 0.3) is 0 Å². The summed E-state index contributed by atoms with van der Waals surface area (Å²) < 4.78 is 0. The second kappa shape index (κ2) is 7.99. The fourth-order valence-electron chi connectivity index (χ4n) is 2.73. The van der Waals surface area contributed by atoms with Crippen LogP contribution in [0.5, 0.6) is 0 Å². The number of hydrazine groups is 1. The smallest absolute Gasteiger partial charge is 0.327 e. The van der Waals surface area contributed by atoms with Crippen molar-refractivity contribution >= 4 is 5.97 Å². The van der Waals surface area contributed by atoms with Crippen molar-refractivity contribution in [3.63, 3.8) is 0 Å². The molecule has 1 aromatic rings. The van der Waals surface area contributed by atoms with Gasteiger partial charge in [-0.1, -0.05) is 35.9 Å². The van der Waals surface area contributed by atoms with Crippen molar-refractivity contribution in [2.45, 2.75) is 25.7 Å². The van der Waals surface area contributed by atoms with E-state index in [9.17, 15) is 4.79 Å². The number of rotatable bonds is 6. The van der Waals surface area contributed by atoms with E-state index < -0.39 is 0 Å². The maximum Gasteiger partial charge on any atom is 0.327 e. The van der Waals surface area contributed by atoms with E-state index in [2.05, 4.69) is 40.1 Å². The Morgan fingerprint density at radius 3 is 2.65 bits per heavy atom. The second-order valence-electron chi connectivity index (χ2n) is 5.32. The molecule has 5 nitrogen and oxygen atoms in total. The summed E-state index contributed by atoms with van der Waals surface area (Å²) in [5, 5.41) is 0. The lowest BCUT2D eigenvalue weighted by Crippen LogP contribution is -2.36. The maximum atomic E-state index is 11.2. The molecule has 5 heteroatoms. The zero-order chi connectivity index (χ0) is 14.2. The molecule has 1 heterocycles. The maximum absolute atomic E-state index is 11.2. The van der Waals surface area contributed by atoms with Gasteiger partial charge in [-0.25, -0.2) is 5.84 Å². The Bertz CT molecular complexity index is 403. The van der Waals surface area contributed by atoms with Crippen LogP contribution in [0.4, 0.5) is 0 Å². The first kappa shape index (κ1) is 15.0. The summed E-state index contributed by atoms with van der Waals surface area (Å²) in [6.07, 6.45) is 3.93. The molecule has 0 aromatic heterocycles. The van der Waals surface area contributed by atoms with Crippen LogP contribution in [0.3, 0.4) is 0 Å². The van der Waals surface area contributed by atoms with Gasteiger partial charge >= 0.3 is 5.97 Å². The minimum absolute atomic E-state index is 0.307. The predicted molar refractivity (Wildman–Crippen MR) is 77.3 cm³/mol. The predicted octanol–water partition coefficient (Wildman–Crippen LogP) is 1.25. The molecule has 0 amide bonds. The minimum Gasteiger partial charge on any atom is -0.356 e. The third-order valence-electron chi connectivity index (χ3n) is 3.88. The summed E-state index contributed by atoms with van der Waals surface area (Å²) in [5.41, 5.74) is 3.34. The largest absolute Gasteiger partial charge is 0.356 e. The van der Waals surface area contributed by atoms with Crippen molar-refractivity contribution in [3.8, 4) is 0 Å². The second-order valence-corrected chi connectivity index (χ2v) is 5.32. The highest BCUT2D eigenvalue weighted by atomic mass is 16.7. The Morgan fingerprint density at radius 1 is 1.30 bits per heavy atom. The molecule has 2 rings (SSSR count). The lowest BCUT2D eigenvalue weighted by Gasteiger charge is -2.31. The Morgan fingerprint density at radius 2 is 2.00 bits per heavy atom. The Labute approximate surface area is 120 Å². The highest BCUT2D eigenvalue weighted by Gasteiger charge is 2.19. The van der Waals surface area contributed by atoms with E-state index in [-0.39, 0.29) is 5.97 Å². The van der Waals surface area contributed by atoms with Crippen molar-refractivity contribution < 1.29 is 9.63 Å². The van der Waals surface area contributed by atoms with Crippen LogP contribution in [0.25, 0.3) is 0 Å². The van der Waals surface area contributed by atoms with Crippen LogP contribution in [0.1, 0.15) is 24.8 Å². The van der Waals surface area contributed by atoms with Crippen LogP contribution >= 0.6 is 0 Å². The van der Waals surface area contributed by atoms with Crippen molar-refractivity contribution in [1.29, 1.82) is 0 Å². The number of likely N-dealkylation sites (tertiary alicyclic amines) is 1. The standard InChI is InChI=1S/C15H23N3O2/c16-17-20-15(19)8-11-18-9-6-14(7-10-18)12-13-4-2-1-3-5-13/h1-5,14,17H,6-12,16H2. The first-order valence-electron chi connectivity index (χ1n) is 7.19. The van der Waals surface area contributed by atoms with E-state index in [1.54, 1.807) is 0 Å². The Balaban J connectivity index is 1.66. The molecule has 0 saturated carbocycles. The molecule has 1 aliphatic rings.